The zero-order valence-electron chi connectivity index (χ0n) is 12.1. The van der Waals surface area contributed by atoms with Gasteiger partial charge in [0.1, 0.15) is 5.57 Å². The molecule has 0 amide bonds. The van der Waals surface area contributed by atoms with Gasteiger partial charge in [-0.2, -0.15) is 0 Å². The number of rotatable bonds is 5. The lowest BCUT2D eigenvalue weighted by Gasteiger charge is -2.12. The molecule has 0 bridgehead atoms. The lowest BCUT2D eigenvalue weighted by atomic mass is 10.0. The van der Waals surface area contributed by atoms with Crippen molar-refractivity contribution in [2.45, 2.75) is 13.8 Å². The summed E-state index contributed by atoms with van der Waals surface area (Å²) in [6.07, 6.45) is 1.64. The number of pyridine rings is 1. The van der Waals surface area contributed by atoms with Gasteiger partial charge >= 0.3 is 5.97 Å². The van der Waals surface area contributed by atoms with Crippen LogP contribution in [0, 0.1) is 0 Å². The molecule has 21 heavy (non-hydrogen) atoms. The quantitative estimate of drug-likeness (QED) is 0.519. The third kappa shape index (κ3) is 3.13. The summed E-state index contributed by atoms with van der Waals surface area (Å²) in [5, 5.41) is 1.79. The van der Waals surface area contributed by atoms with Gasteiger partial charge in [-0.25, -0.2) is 4.79 Å². The molecule has 5 nitrogen and oxygen atoms in total. The number of nitrogens with zero attached hydrogens (tertiary/aromatic N) is 1. The molecule has 0 saturated carbocycles. The molecular weight excluding hydrogens is 268 g/mol. The second-order valence-electron chi connectivity index (χ2n) is 4.27. The second-order valence-corrected chi connectivity index (χ2v) is 4.27. The molecule has 0 unspecified atom stereocenters. The molecule has 1 heterocycles. The van der Waals surface area contributed by atoms with Gasteiger partial charge < -0.3 is 15.2 Å². The van der Waals surface area contributed by atoms with E-state index in [2.05, 4.69) is 4.98 Å². The van der Waals surface area contributed by atoms with E-state index in [1.165, 1.54) is 0 Å². The first-order valence-electron chi connectivity index (χ1n) is 6.82. The van der Waals surface area contributed by atoms with Crippen molar-refractivity contribution in [3.8, 4) is 0 Å². The fraction of sp³-hybridized carbons (Fsp3) is 0.250. The van der Waals surface area contributed by atoms with Crippen LogP contribution in [0.2, 0.25) is 0 Å². The van der Waals surface area contributed by atoms with Gasteiger partial charge in [-0.3, -0.25) is 4.98 Å². The third-order valence-corrected chi connectivity index (χ3v) is 2.94. The predicted octanol–water partition coefficient (Wildman–Crippen LogP) is 2.46. The van der Waals surface area contributed by atoms with Crippen molar-refractivity contribution in [2.24, 2.45) is 5.73 Å². The largest absolute Gasteiger partial charge is 0.479 e. The lowest BCUT2D eigenvalue weighted by Crippen LogP contribution is -2.16. The van der Waals surface area contributed by atoms with Gasteiger partial charge in [0.05, 0.1) is 18.9 Å². The minimum absolute atomic E-state index is 0.0276. The van der Waals surface area contributed by atoms with Crippen molar-refractivity contribution < 1.29 is 14.3 Å². The van der Waals surface area contributed by atoms with Gasteiger partial charge in [-0.15, -0.1) is 0 Å². The first kappa shape index (κ1) is 14.8. The lowest BCUT2D eigenvalue weighted by molar-refractivity contribution is -0.136. The van der Waals surface area contributed by atoms with Gasteiger partial charge in [0.25, 0.3) is 0 Å². The molecular formula is C16H18N2O3. The normalized spacial score (nSPS) is 11.9. The van der Waals surface area contributed by atoms with E-state index in [0.717, 1.165) is 10.8 Å². The summed E-state index contributed by atoms with van der Waals surface area (Å²) in [6, 6.07) is 9.51. The Bertz CT molecular complexity index is 675. The topological polar surface area (TPSA) is 74.4 Å². The first-order valence-corrected chi connectivity index (χ1v) is 6.82. The number of carbonyl (C=O) groups is 1. The van der Waals surface area contributed by atoms with Crippen LogP contribution in [-0.2, 0) is 14.3 Å². The number of hydrogen-bond acceptors (Lipinski definition) is 5. The van der Waals surface area contributed by atoms with Crippen LogP contribution in [0.1, 0.15) is 19.5 Å². The summed E-state index contributed by atoms with van der Waals surface area (Å²) < 4.78 is 10.4. The average Bonchev–Trinajstić information content (AvgIpc) is 2.48. The third-order valence-electron chi connectivity index (χ3n) is 2.94. The molecule has 0 atom stereocenters. The average molecular weight is 286 g/mol. The molecule has 0 saturated heterocycles. The highest BCUT2D eigenvalue weighted by Crippen LogP contribution is 2.25. The van der Waals surface area contributed by atoms with Crippen molar-refractivity contribution in [3.63, 3.8) is 0 Å². The maximum atomic E-state index is 12.2. The van der Waals surface area contributed by atoms with Crippen molar-refractivity contribution in [1.29, 1.82) is 0 Å². The summed E-state index contributed by atoms with van der Waals surface area (Å²) in [5.74, 6) is -0.507. The van der Waals surface area contributed by atoms with Crippen LogP contribution in [0.3, 0.4) is 0 Å². The van der Waals surface area contributed by atoms with Gasteiger partial charge in [0.15, 0.2) is 0 Å². The number of hydrogen-bond donors (Lipinski definition) is 1. The SMILES string of the molecule is CCOC(=O)/C(=C(/N)OCC)c1nccc2ccccc12. The molecule has 2 N–H and O–H groups in total. The predicted molar refractivity (Wildman–Crippen MR) is 81.1 cm³/mol. The van der Waals surface area contributed by atoms with Crippen LogP contribution in [0.25, 0.3) is 16.3 Å². The highest BCUT2D eigenvalue weighted by Gasteiger charge is 2.22. The molecule has 5 heteroatoms. The fourth-order valence-corrected chi connectivity index (χ4v) is 2.06. The summed E-state index contributed by atoms with van der Waals surface area (Å²) in [5.41, 5.74) is 6.53. The fourth-order valence-electron chi connectivity index (χ4n) is 2.06. The minimum Gasteiger partial charge on any atom is -0.479 e. The molecule has 0 aliphatic heterocycles. The monoisotopic (exact) mass is 286 g/mol. The van der Waals surface area contributed by atoms with Gasteiger partial charge in [0, 0.05) is 11.6 Å². The van der Waals surface area contributed by atoms with Crippen molar-refractivity contribution in [3.05, 3.63) is 48.1 Å². The summed E-state index contributed by atoms with van der Waals surface area (Å²) in [7, 11) is 0. The van der Waals surface area contributed by atoms with E-state index in [0.29, 0.717) is 12.3 Å². The summed E-state index contributed by atoms with van der Waals surface area (Å²) in [6.45, 7) is 4.15. The van der Waals surface area contributed by atoms with E-state index in [-0.39, 0.29) is 18.1 Å². The molecule has 1 aromatic heterocycles. The molecule has 2 rings (SSSR count). The number of fused-ring (bicyclic) bond motifs is 1. The van der Waals surface area contributed by atoms with Crippen LogP contribution in [0.5, 0.6) is 0 Å². The van der Waals surface area contributed by atoms with Crippen LogP contribution in [-0.4, -0.2) is 24.2 Å². The number of carbonyl (C=O) groups excluding carboxylic acids is 1. The van der Waals surface area contributed by atoms with Crippen molar-refractivity contribution in [2.75, 3.05) is 13.2 Å². The molecule has 0 radical (unpaired) electrons. The van der Waals surface area contributed by atoms with Gasteiger partial charge in [0.2, 0.25) is 5.88 Å². The summed E-state index contributed by atoms with van der Waals surface area (Å²) in [4.78, 5) is 16.5. The van der Waals surface area contributed by atoms with Crippen LogP contribution >= 0.6 is 0 Å². The Balaban J connectivity index is 2.64. The summed E-state index contributed by atoms with van der Waals surface area (Å²) >= 11 is 0. The van der Waals surface area contributed by atoms with E-state index in [4.69, 9.17) is 15.2 Å². The molecule has 110 valence electrons. The number of benzene rings is 1. The Labute approximate surface area is 123 Å². The Morgan fingerprint density at radius 1 is 1.14 bits per heavy atom. The maximum Gasteiger partial charge on any atom is 0.345 e. The van der Waals surface area contributed by atoms with Gasteiger partial charge in [-0.1, -0.05) is 24.3 Å². The van der Waals surface area contributed by atoms with Crippen LogP contribution in [0.15, 0.2) is 42.4 Å². The number of nitrogens with two attached hydrogens (primary N) is 1. The van der Waals surface area contributed by atoms with E-state index in [1.54, 1.807) is 20.0 Å². The molecule has 0 spiro atoms. The molecule has 0 aliphatic rings. The Hall–Kier alpha value is -2.56. The highest BCUT2D eigenvalue weighted by atomic mass is 16.5. The first-order chi connectivity index (χ1) is 10.2. The smallest absolute Gasteiger partial charge is 0.345 e. The molecule has 0 aliphatic carbocycles. The molecule has 2 aromatic rings. The minimum atomic E-state index is -0.535. The Morgan fingerprint density at radius 2 is 1.86 bits per heavy atom. The zero-order valence-corrected chi connectivity index (χ0v) is 12.1. The van der Waals surface area contributed by atoms with Gasteiger partial charge in [-0.05, 0) is 25.3 Å². The maximum absolute atomic E-state index is 12.2. The van der Waals surface area contributed by atoms with E-state index < -0.39 is 5.97 Å². The van der Waals surface area contributed by atoms with Crippen molar-refractivity contribution in [1.82, 2.24) is 4.98 Å². The van der Waals surface area contributed by atoms with Crippen molar-refractivity contribution >= 4 is 22.3 Å². The highest BCUT2D eigenvalue weighted by molar-refractivity contribution is 6.19. The van der Waals surface area contributed by atoms with E-state index in [1.807, 2.05) is 30.3 Å². The Morgan fingerprint density at radius 3 is 2.57 bits per heavy atom. The van der Waals surface area contributed by atoms with Crippen LogP contribution < -0.4 is 5.73 Å². The van der Waals surface area contributed by atoms with E-state index >= 15 is 0 Å². The molecule has 0 fully saturated rings. The number of ether oxygens (including phenoxy) is 2. The second kappa shape index (κ2) is 6.74. The van der Waals surface area contributed by atoms with Crippen LogP contribution in [0.4, 0.5) is 0 Å². The Kier molecular flexibility index (Phi) is 4.77. The number of esters is 1. The standard InChI is InChI=1S/C16H18N2O3/c1-3-20-15(17)13(16(19)21-4-2)14-12-8-6-5-7-11(12)9-10-18-14/h5-10H,3-4,17H2,1-2H3/b15-13-. The zero-order chi connectivity index (χ0) is 15.2. The molecule has 1 aromatic carbocycles. The van der Waals surface area contributed by atoms with E-state index in [9.17, 15) is 4.79 Å². The number of aromatic nitrogens is 1.